The van der Waals surface area contributed by atoms with E-state index in [0.29, 0.717) is 39.2 Å². The monoisotopic (exact) mass is 536 g/mol. The fourth-order valence-corrected chi connectivity index (χ4v) is 4.74. The Morgan fingerprint density at radius 3 is 2.27 bits per heavy atom. The number of halogens is 1. The van der Waals surface area contributed by atoms with Gasteiger partial charge in [-0.05, 0) is 80.1 Å². The van der Waals surface area contributed by atoms with E-state index in [0.717, 1.165) is 5.56 Å². The van der Waals surface area contributed by atoms with E-state index in [1.807, 2.05) is 37.3 Å². The third-order valence-electron chi connectivity index (χ3n) is 5.31. The highest BCUT2D eigenvalue weighted by molar-refractivity contribution is 7.92. The Morgan fingerprint density at radius 2 is 1.57 bits per heavy atom. The van der Waals surface area contributed by atoms with Crippen molar-refractivity contribution < 1.29 is 22.7 Å². The summed E-state index contributed by atoms with van der Waals surface area (Å²) in [6.07, 6.45) is 0. The van der Waals surface area contributed by atoms with E-state index in [9.17, 15) is 13.2 Å². The first-order valence-corrected chi connectivity index (χ1v) is 13.2. The molecule has 4 aromatic carbocycles. The summed E-state index contributed by atoms with van der Waals surface area (Å²) in [7, 11) is -3.78. The van der Waals surface area contributed by atoms with E-state index in [4.69, 9.17) is 21.1 Å². The zero-order valence-corrected chi connectivity index (χ0v) is 21.8. The summed E-state index contributed by atoms with van der Waals surface area (Å²) in [5, 5.41) is 3.18. The summed E-state index contributed by atoms with van der Waals surface area (Å²) >= 11 is 6.11. The van der Waals surface area contributed by atoms with E-state index in [1.165, 1.54) is 18.2 Å². The van der Waals surface area contributed by atoms with E-state index >= 15 is 0 Å². The maximum absolute atomic E-state index is 12.8. The van der Waals surface area contributed by atoms with Gasteiger partial charge in [-0.3, -0.25) is 9.52 Å². The van der Waals surface area contributed by atoms with Crippen LogP contribution in [0.5, 0.6) is 17.2 Å². The zero-order valence-electron chi connectivity index (χ0n) is 20.2. The highest BCUT2D eigenvalue weighted by Crippen LogP contribution is 2.32. The summed E-state index contributed by atoms with van der Waals surface area (Å²) in [6.45, 7) is 3.33. The molecule has 4 rings (SSSR count). The van der Waals surface area contributed by atoms with Crippen LogP contribution >= 0.6 is 11.6 Å². The van der Waals surface area contributed by atoms with Crippen LogP contribution in [0.1, 0.15) is 11.1 Å². The molecule has 0 aliphatic rings. The number of ether oxygens (including phenoxy) is 2. The molecule has 0 fully saturated rings. The minimum absolute atomic E-state index is 0.0870. The standard InChI is InChI=1S/C28H25ClN2O5S/c1-19-8-11-22(12-9-19)31-37(33,34)24-13-15-26(20(2)16-24)35-18-28(32)30-25-17-21(29)10-14-27(25)36-23-6-4-3-5-7-23/h3-17,31H,18H2,1-2H3,(H,30,32). The van der Waals surface area contributed by atoms with Gasteiger partial charge < -0.3 is 14.8 Å². The molecule has 0 aliphatic heterocycles. The van der Waals surface area contributed by atoms with Crippen molar-refractivity contribution in [2.75, 3.05) is 16.6 Å². The molecule has 2 N–H and O–H groups in total. The molecule has 7 nitrogen and oxygen atoms in total. The van der Waals surface area contributed by atoms with Gasteiger partial charge in [-0.25, -0.2) is 8.42 Å². The summed E-state index contributed by atoms with van der Waals surface area (Å²) in [6, 6.07) is 25.6. The molecule has 9 heteroatoms. The van der Waals surface area contributed by atoms with Gasteiger partial charge in [0.05, 0.1) is 10.6 Å². The van der Waals surface area contributed by atoms with Crippen LogP contribution in [-0.2, 0) is 14.8 Å². The molecule has 0 aromatic heterocycles. The third kappa shape index (κ3) is 7.03. The van der Waals surface area contributed by atoms with Crippen LogP contribution in [0, 0.1) is 13.8 Å². The number of aryl methyl sites for hydroxylation is 2. The molecule has 0 aliphatic carbocycles. The first kappa shape index (κ1) is 26.1. The molecule has 0 bridgehead atoms. The Bertz CT molecular complexity index is 1510. The fraction of sp³-hybridized carbons (Fsp3) is 0.107. The minimum atomic E-state index is -3.78. The number of hydrogen-bond donors (Lipinski definition) is 2. The van der Waals surface area contributed by atoms with Crippen molar-refractivity contribution in [2.45, 2.75) is 18.7 Å². The van der Waals surface area contributed by atoms with E-state index < -0.39 is 15.9 Å². The Kier molecular flexibility index (Phi) is 8.01. The maximum atomic E-state index is 12.8. The Hall–Kier alpha value is -4.01. The number of amides is 1. The van der Waals surface area contributed by atoms with Crippen LogP contribution in [0.2, 0.25) is 5.02 Å². The van der Waals surface area contributed by atoms with Gasteiger partial charge in [0.2, 0.25) is 0 Å². The largest absolute Gasteiger partial charge is 0.483 e. The van der Waals surface area contributed by atoms with Crippen molar-refractivity contribution in [3.8, 4) is 17.2 Å². The van der Waals surface area contributed by atoms with E-state index in [-0.39, 0.29) is 11.5 Å². The minimum Gasteiger partial charge on any atom is -0.483 e. The fourth-order valence-electron chi connectivity index (χ4n) is 3.42. The number of para-hydroxylation sites is 1. The Labute approximate surface area is 221 Å². The number of hydrogen-bond acceptors (Lipinski definition) is 5. The molecular formula is C28H25ClN2O5S. The molecule has 0 atom stereocenters. The van der Waals surface area contributed by atoms with Crippen LogP contribution in [-0.4, -0.2) is 20.9 Å². The van der Waals surface area contributed by atoms with Crippen molar-refractivity contribution in [1.29, 1.82) is 0 Å². The average Bonchev–Trinajstić information content (AvgIpc) is 2.87. The van der Waals surface area contributed by atoms with Crippen LogP contribution in [0.4, 0.5) is 11.4 Å². The lowest BCUT2D eigenvalue weighted by molar-refractivity contribution is -0.118. The van der Waals surface area contributed by atoms with Gasteiger partial charge in [-0.1, -0.05) is 47.5 Å². The molecule has 0 unspecified atom stereocenters. The first-order valence-electron chi connectivity index (χ1n) is 11.3. The second kappa shape index (κ2) is 11.4. The van der Waals surface area contributed by atoms with Crippen molar-refractivity contribution >= 4 is 38.9 Å². The number of carbonyl (C=O) groups excluding carboxylic acids is 1. The zero-order chi connectivity index (χ0) is 26.4. The van der Waals surface area contributed by atoms with E-state index in [1.54, 1.807) is 49.4 Å². The second-order valence-corrected chi connectivity index (χ2v) is 10.4. The SMILES string of the molecule is Cc1ccc(NS(=O)(=O)c2ccc(OCC(=O)Nc3cc(Cl)ccc3Oc3ccccc3)c(C)c2)cc1. The molecule has 0 saturated heterocycles. The third-order valence-corrected chi connectivity index (χ3v) is 6.92. The lowest BCUT2D eigenvalue weighted by Crippen LogP contribution is -2.21. The normalized spacial score (nSPS) is 11.0. The van der Waals surface area contributed by atoms with Crippen LogP contribution in [0.3, 0.4) is 0 Å². The van der Waals surface area contributed by atoms with Gasteiger partial charge >= 0.3 is 0 Å². The van der Waals surface area contributed by atoms with Gasteiger partial charge in [0.15, 0.2) is 12.4 Å². The van der Waals surface area contributed by atoms with Crippen LogP contribution in [0.15, 0.2) is 95.9 Å². The molecule has 4 aromatic rings. The summed E-state index contributed by atoms with van der Waals surface area (Å²) < 4.78 is 39.6. The van der Waals surface area contributed by atoms with Gasteiger partial charge in [0.1, 0.15) is 11.5 Å². The van der Waals surface area contributed by atoms with Gasteiger partial charge in [0.25, 0.3) is 15.9 Å². The Balaban J connectivity index is 1.40. The molecule has 37 heavy (non-hydrogen) atoms. The quantitative estimate of drug-likeness (QED) is 0.252. The van der Waals surface area contributed by atoms with E-state index in [2.05, 4.69) is 10.0 Å². The van der Waals surface area contributed by atoms with Gasteiger partial charge in [0, 0.05) is 10.7 Å². The number of sulfonamides is 1. The molecule has 0 saturated carbocycles. The Morgan fingerprint density at radius 1 is 0.865 bits per heavy atom. The van der Waals surface area contributed by atoms with Crippen molar-refractivity contribution in [1.82, 2.24) is 0 Å². The summed E-state index contributed by atoms with van der Waals surface area (Å²) in [5.41, 5.74) is 2.46. The first-order chi connectivity index (χ1) is 17.7. The van der Waals surface area contributed by atoms with Crippen molar-refractivity contribution in [2.24, 2.45) is 0 Å². The number of nitrogens with one attached hydrogen (secondary N) is 2. The molecule has 0 radical (unpaired) electrons. The van der Waals surface area contributed by atoms with Crippen LogP contribution in [0.25, 0.3) is 0 Å². The predicted molar refractivity (Wildman–Crippen MR) is 145 cm³/mol. The lowest BCUT2D eigenvalue weighted by atomic mass is 10.2. The molecule has 0 spiro atoms. The highest BCUT2D eigenvalue weighted by Gasteiger charge is 2.17. The van der Waals surface area contributed by atoms with Crippen molar-refractivity contribution in [3.05, 3.63) is 107 Å². The number of benzene rings is 4. The molecule has 1 amide bonds. The summed E-state index contributed by atoms with van der Waals surface area (Å²) in [4.78, 5) is 12.7. The summed E-state index contributed by atoms with van der Waals surface area (Å²) in [5.74, 6) is 0.989. The number of carbonyl (C=O) groups is 1. The van der Waals surface area contributed by atoms with Gasteiger partial charge in [-0.2, -0.15) is 0 Å². The number of anilines is 2. The average molecular weight is 537 g/mol. The molecule has 190 valence electrons. The lowest BCUT2D eigenvalue weighted by Gasteiger charge is -2.14. The number of rotatable bonds is 9. The van der Waals surface area contributed by atoms with Crippen LogP contribution < -0.4 is 19.5 Å². The van der Waals surface area contributed by atoms with Gasteiger partial charge in [-0.15, -0.1) is 0 Å². The highest BCUT2D eigenvalue weighted by atomic mass is 35.5. The van der Waals surface area contributed by atoms with Crippen molar-refractivity contribution in [3.63, 3.8) is 0 Å². The smallest absolute Gasteiger partial charge is 0.262 e. The maximum Gasteiger partial charge on any atom is 0.262 e. The molecular weight excluding hydrogens is 512 g/mol. The predicted octanol–water partition coefficient (Wildman–Crippen LogP) is 6.57. The second-order valence-electron chi connectivity index (χ2n) is 8.29. The molecule has 0 heterocycles. The topological polar surface area (TPSA) is 93.7 Å².